The topological polar surface area (TPSA) is 50.9 Å². The molecular weight excluding hydrogens is 281 g/mol. The van der Waals surface area contributed by atoms with Crippen LogP contribution in [0.3, 0.4) is 0 Å². The molecule has 0 atom stereocenters. The first-order valence-corrected chi connectivity index (χ1v) is 5.83. The fourth-order valence-corrected chi connectivity index (χ4v) is 1.89. The highest BCUT2D eigenvalue weighted by Gasteiger charge is 2.06. The second-order valence-corrected chi connectivity index (χ2v) is 4.56. The van der Waals surface area contributed by atoms with Crippen molar-refractivity contribution < 1.29 is 0 Å². The number of rotatable bonds is 2. The summed E-state index contributed by atoms with van der Waals surface area (Å²) in [6.07, 6.45) is 1.60. The number of nitrogen functional groups attached to an aromatic ring is 1. The number of halogens is 3. The predicted molar refractivity (Wildman–Crippen MR) is 73.4 cm³/mol. The molecule has 2 rings (SSSR count). The SMILES string of the molecule is Nc1cc(Nc2cc(Cl)c(Cl)cc2Cl)ccn1. The molecule has 0 amide bonds. The molecule has 0 aliphatic carbocycles. The average Bonchev–Trinajstić information content (AvgIpc) is 2.26. The first kappa shape index (κ1) is 12.3. The summed E-state index contributed by atoms with van der Waals surface area (Å²) in [6, 6.07) is 6.70. The maximum absolute atomic E-state index is 6.04. The van der Waals surface area contributed by atoms with E-state index in [4.69, 9.17) is 40.5 Å². The van der Waals surface area contributed by atoms with Crippen molar-refractivity contribution in [1.29, 1.82) is 0 Å². The van der Waals surface area contributed by atoms with Crippen molar-refractivity contribution in [2.45, 2.75) is 0 Å². The van der Waals surface area contributed by atoms with E-state index in [-0.39, 0.29) is 0 Å². The number of aromatic nitrogens is 1. The smallest absolute Gasteiger partial charge is 0.125 e. The van der Waals surface area contributed by atoms with Crippen molar-refractivity contribution >= 4 is 52.0 Å². The Morgan fingerprint density at radius 3 is 2.41 bits per heavy atom. The molecule has 0 spiro atoms. The molecule has 0 aliphatic heterocycles. The van der Waals surface area contributed by atoms with Gasteiger partial charge in [0.1, 0.15) is 5.82 Å². The van der Waals surface area contributed by atoms with Gasteiger partial charge in [0.15, 0.2) is 0 Å². The number of hydrogen-bond donors (Lipinski definition) is 2. The number of nitrogens with two attached hydrogens (primary N) is 1. The van der Waals surface area contributed by atoms with E-state index in [1.54, 1.807) is 30.5 Å². The van der Waals surface area contributed by atoms with Crippen molar-refractivity contribution in [2.24, 2.45) is 0 Å². The van der Waals surface area contributed by atoms with Crippen molar-refractivity contribution in [2.75, 3.05) is 11.1 Å². The van der Waals surface area contributed by atoms with Crippen LogP contribution >= 0.6 is 34.8 Å². The Hall–Kier alpha value is -1.16. The first-order chi connectivity index (χ1) is 8.06. The normalized spacial score (nSPS) is 10.3. The van der Waals surface area contributed by atoms with Gasteiger partial charge in [0.05, 0.1) is 20.8 Å². The van der Waals surface area contributed by atoms with Crippen LogP contribution in [-0.2, 0) is 0 Å². The monoisotopic (exact) mass is 287 g/mol. The second kappa shape index (κ2) is 5.00. The molecular formula is C11H8Cl3N3. The van der Waals surface area contributed by atoms with Gasteiger partial charge in [0.2, 0.25) is 0 Å². The van der Waals surface area contributed by atoms with Gasteiger partial charge in [-0.2, -0.15) is 0 Å². The minimum absolute atomic E-state index is 0.413. The van der Waals surface area contributed by atoms with Gasteiger partial charge >= 0.3 is 0 Å². The highest BCUT2D eigenvalue weighted by molar-refractivity contribution is 6.44. The molecule has 2 aromatic rings. The fraction of sp³-hybridized carbons (Fsp3) is 0. The van der Waals surface area contributed by atoms with E-state index >= 15 is 0 Å². The number of benzene rings is 1. The molecule has 1 heterocycles. The Balaban J connectivity index is 2.33. The van der Waals surface area contributed by atoms with Crippen LogP contribution in [0.4, 0.5) is 17.2 Å². The summed E-state index contributed by atoms with van der Waals surface area (Å²) in [5.74, 6) is 0.422. The van der Waals surface area contributed by atoms with Crippen molar-refractivity contribution in [3.8, 4) is 0 Å². The van der Waals surface area contributed by atoms with Crippen LogP contribution < -0.4 is 11.1 Å². The van der Waals surface area contributed by atoms with Gasteiger partial charge in [-0.25, -0.2) is 4.98 Å². The molecule has 6 heteroatoms. The third-order valence-electron chi connectivity index (χ3n) is 2.07. The van der Waals surface area contributed by atoms with E-state index in [1.165, 1.54) is 0 Å². The third-order valence-corrected chi connectivity index (χ3v) is 3.10. The number of hydrogen-bond acceptors (Lipinski definition) is 3. The fourth-order valence-electron chi connectivity index (χ4n) is 1.30. The van der Waals surface area contributed by atoms with Crippen LogP contribution in [0.2, 0.25) is 15.1 Å². The highest BCUT2D eigenvalue weighted by Crippen LogP contribution is 2.33. The van der Waals surface area contributed by atoms with Crippen molar-refractivity contribution in [1.82, 2.24) is 4.98 Å². The standard InChI is InChI=1S/C11H8Cl3N3/c12-7-4-9(14)10(5-8(7)13)17-6-1-2-16-11(15)3-6/h1-5H,(H3,15,16,17). The lowest BCUT2D eigenvalue weighted by molar-refractivity contribution is 1.33. The van der Waals surface area contributed by atoms with Gasteiger partial charge in [0, 0.05) is 18.0 Å². The van der Waals surface area contributed by atoms with Gasteiger partial charge in [0.25, 0.3) is 0 Å². The van der Waals surface area contributed by atoms with Crippen molar-refractivity contribution in [3.05, 3.63) is 45.5 Å². The van der Waals surface area contributed by atoms with E-state index < -0.39 is 0 Å². The minimum atomic E-state index is 0.413. The van der Waals surface area contributed by atoms with Gasteiger partial charge < -0.3 is 11.1 Å². The third kappa shape index (κ3) is 2.94. The largest absolute Gasteiger partial charge is 0.384 e. The van der Waals surface area contributed by atoms with Gasteiger partial charge in [-0.3, -0.25) is 0 Å². The quantitative estimate of drug-likeness (QED) is 0.807. The first-order valence-electron chi connectivity index (χ1n) is 4.69. The lowest BCUT2D eigenvalue weighted by Gasteiger charge is -2.09. The van der Waals surface area contributed by atoms with Crippen LogP contribution in [0.5, 0.6) is 0 Å². The maximum Gasteiger partial charge on any atom is 0.125 e. The van der Waals surface area contributed by atoms with E-state index in [0.29, 0.717) is 26.6 Å². The molecule has 0 fully saturated rings. The van der Waals surface area contributed by atoms with Crippen LogP contribution in [0.25, 0.3) is 0 Å². The predicted octanol–water partition coefficient (Wildman–Crippen LogP) is 4.37. The van der Waals surface area contributed by atoms with E-state index in [9.17, 15) is 0 Å². The molecule has 0 aliphatic rings. The van der Waals surface area contributed by atoms with Gasteiger partial charge in [-0.1, -0.05) is 34.8 Å². The lowest BCUT2D eigenvalue weighted by Crippen LogP contribution is -1.95. The van der Waals surface area contributed by atoms with Gasteiger partial charge in [-0.15, -0.1) is 0 Å². The zero-order valence-corrected chi connectivity index (χ0v) is 10.8. The van der Waals surface area contributed by atoms with Crippen LogP contribution in [0.15, 0.2) is 30.5 Å². The Bertz CT molecular complexity index is 558. The van der Waals surface area contributed by atoms with Crippen LogP contribution in [0, 0.1) is 0 Å². The lowest BCUT2D eigenvalue weighted by atomic mass is 10.3. The number of nitrogens with one attached hydrogen (secondary N) is 1. The molecule has 1 aromatic heterocycles. The summed E-state index contributed by atoms with van der Waals surface area (Å²) in [5.41, 5.74) is 7.01. The Kier molecular flexibility index (Phi) is 3.62. The van der Waals surface area contributed by atoms with E-state index in [1.807, 2.05) is 0 Å². The summed E-state index contributed by atoms with van der Waals surface area (Å²) >= 11 is 17.8. The zero-order chi connectivity index (χ0) is 12.4. The summed E-state index contributed by atoms with van der Waals surface area (Å²) < 4.78 is 0. The molecule has 1 aromatic carbocycles. The molecule has 3 N–H and O–H groups in total. The van der Waals surface area contributed by atoms with E-state index in [0.717, 1.165) is 5.69 Å². The molecule has 3 nitrogen and oxygen atoms in total. The number of nitrogens with zero attached hydrogens (tertiary/aromatic N) is 1. The van der Waals surface area contributed by atoms with Crippen LogP contribution in [-0.4, -0.2) is 4.98 Å². The number of anilines is 3. The zero-order valence-electron chi connectivity index (χ0n) is 8.55. The second-order valence-electron chi connectivity index (χ2n) is 3.34. The Morgan fingerprint density at radius 1 is 1.00 bits per heavy atom. The molecule has 0 unspecified atom stereocenters. The molecule has 88 valence electrons. The summed E-state index contributed by atoms with van der Waals surface area (Å²) in [4.78, 5) is 3.89. The summed E-state index contributed by atoms with van der Waals surface area (Å²) in [7, 11) is 0. The maximum atomic E-state index is 6.04. The number of pyridine rings is 1. The molecule has 17 heavy (non-hydrogen) atoms. The average molecular weight is 289 g/mol. The Morgan fingerprint density at radius 2 is 1.71 bits per heavy atom. The summed E-state index contributed by atoms with van der Waals surface area (Å²) in [6.45, 7) is 0. The van der Waals surface area contributed by atoms with Crippen molar-refractivity contribution in [3.63, 3.8) is 0 Å². The minimum Gasteiger partial charge on any atom is -0.384 e. The van der Waals surface area contributed by atoms with Crippen LogP contribution in [0.1, 0.15) is 0 Å². The molecule has 0 saturated carbocycles. The van der Waals surface area contributed by atoms with E-state index in [2.05, 4.69) is 10.3 Å². The highest BCUT2D eigenvalue weighted by atomic mass is 35.5. The molecule has 0 saturated heterocycles. The Labute approximate surface area is 114 Å². The molecule has 0 bridgehead atoms. The summed E-state index contributed by atoms with van der Waals surface area (Å²) in [5, 5.41) is 4.41. The molecule has 0 radical (unpaired) electrons. The van der Waals surface area contributed by atoms with Gasteiger partial charge in [-0.05, 0) is 18.2 Å².